The van der Waals surface area contributed by atoms with Crippen molar-refractivity contribution in [3.63, 3.8) is 0 Å². The van der Waals surface area contributed by atoms with E-state index in [4.69, 9.17) is 14.2 Å². The number of rotatable bonds is 13. The molecule has 1 fully saturated rings. The second kappa shape index (κ2) is 17.0. The predicted molar refractivity (Wildman–Crippen MR) is 187 cm³/mol. The molecule has 0 radical (unpaired) electrons. The van der Waals surface area contributed by atoms with Crippen LogP contribution in [-0.4, -0.2) is 89.8 Å². The maximum atomic E-state index is 14.1. The average Bonchev–Trinajstić information content (AvgIpc) is 3.41. The molecule has 0 spiro atoms. The number of amides is 3. The molecule has 1 aliphatic heterocycles. The summed E-state index contributed by atoms with van der Waals surface area (Å²) in [6.45, 7) is 7.32. The van der Waals surface area contributed by atoms with E-state index in [-0.39, 0.29) is 31.3 Å². The first-order chi connectivity index (χ1) is 23.9. The van der Waals surface area contributed by atoms with Gasteiger partial charge >= 0.3 is 6.09 Å². The van der Waals surface area contributed by atoms with E-state index in [1.54, 1.807) is 37.8 Å². The number of benzene rings is 3. The third-order valence-corrected chi connectivity index (χ3v) is 9.00. The minimum atomic E-state index is -1.12. The summed E-state index contributed by atoms with van der Waals surface area (Å²) in [6, 6.07) is 23.0. The molecule has 11 nitrogen and oxygen atoms in total. The molecule has 11 heteroatoms. The normalized spacial score (nSPS) is 19.1. The van der Waals surface area contributed by atoms with E-state index in [0.29, 0.717) is 44.9 Å². The molecule has 1 heterocycles. The smallest absolute Gasteiger partial charge is 0.407 e. The first-order valence-electron chi connectivity index (χ1n) is 17.3. The van der Waals surface area contributed by atoms with Gasteiger partial charge in [-0.05, 0) is 74.4 Å². The second-order valence-electron chi connectivity index (χ2n) is 14.0. The van der Waals surface area contributed by atoms with E-state index in [2.05, 4.69) is 10.6 Å². The molecule has 2 aliphatic rings. The van der Waals surface area contributed by atoms with Crippen molar-refractivity contribution in [3.05, 3.63) is 101 Å². The van der Waals surface area contributed by atoms with Crippen LogP contribution in [0.2, 0.25) is 0 Å². The quantitative estimate of drug-likeness (QED) is 0.213. The Hall–Kier alpha value is -4.45. The Morgan fingerprint density at radius 3 is 2.28 bits per heavy atom. The fourth-order valence-corrected chi connectivity index (χ4v) is 6.42. The monoisotopic (exact) mass is 687 g/mol. The number of morpholine rings is 1. The fourth-order valence-electron chi connectivity index (χ4n) is 6.42. The fraction of sp³-hybridized carbons (Fsp3) is 0.462. The predicted octanol–water partition coefficient (Wildman–Crippen LogP) is 3.74. The zero-order chi connectivity index (χ0) is 35.7. The molecule has 268 valence electrons. The Labute approximate surface area is 293 Å². The standard InChI is InChI=1S/C39H49N3O8/c1-39(2,3)50-38(47)40-32(22-26-9-5-4-6-10-26)33(43)24-29(37(46)41-36-31-12-8-7-11-28(31)23-34(36)44)21-27-13-15-30(16-14-27)49-25-35(45)42-17-19-48-20-18-42/h4-16,29,32-34,36,43-44H,17-25H2,1-3H3,(H,40,47)(H,41,46)/t29?,32?,33?,34-,36-/m0/s1. The molecule has 3 aromatic rings. The highest BCUT2D eigenvalue weighted by Gasteiger charge is 2.35. The number of ether oxygens (including phenoxy) is 3. The van der Waals surface area contributed by atoms with Gasteiger partial charge in [-0.1, -0.05) is 66.7 Å². The van der Waals surface area contributed by atoms with Gasteiger partial charge in [-0.3, -0.25) is 9.59 Å². The van der Waals surface area contributed by atoms with Crippen molar-refractivity contribution >= 4 is 17.9 Å². The highest BCUT2D eigenvalue weighted by Crippen LogP contribution is 2.32. The van der Waals surface area contributed by atoms with Crippen LogP contribution in [0, 0.1) is 5.92 Å². The molecule has 3 amide bonds. The SMILES string of the molecule is CC(C)(C)OC(=O)NC(Cc1ccccc1)C(O)CC(Cc1ccc(OCC(=O)N2CCOCC2)cc1)C(=O)N[C@H]1c2ccccc2C[C@@H]1O. The molecule has 1 aliphatic carbocycles. The lowest BCUT2D eigenvalue weighted by atomic mass is 9.88. The first kappa shape index (κ1) is 36.8. The molecule has 0 saturated carbocycles. The molecule has 3 unspecified atom stereocenters. The number of hydrogen-bond donors (Lipinski definition) is 4. The molecule has 0 bridgehead atoms. The van der Waals surface area contributed by atoms with Crippen LogP contribution in [0.3, 0.4) is 0 Å². The van der Waals surface area contributed by atoms with Crippen molar-refractivity contribution in [2.24, 2.45) is 5.92 Å². The Morgan fingerprint density at radius 2 is 1.58 bits per heavy atom. The minimum absolute atomic E-state index is 0.0237. The molecule has 5 rings (SSSR count). The number of alkyl carbamates (subject to hydrolysis) is 1. The van der Waals surface area contributed by atoms with E-state index in [9.17, 15) is 24.6 Å². The van der Waals surface area contributed by atoms with Crippen molar-refractivity contribution in [2.45, 2.75) is 76.3 Å². The Balaban J connectivity index is 1.32. The summed E-state index contributed by atoms with van der Waals surface area (Å²) in [6.07, 6.45) is -1.51. The second-order valence-corrected chi connectivity index (χ2v) is 14.0. The van der Waals surface area contributed by atoms with Crippen LogP contribution < -0.4 is 15.4 Å². The van der Waals surface area contributed by atoms with Gasteiger partial charge in [0.05, 0.1) is 37.5 Å². The summed E-state index contributed by atoms with van der Waals surface area (Å²) in [5.74, 6) is -0.634. The Bertz CT molecular complexity index is 1570. The van der Waals surface area contributed by atoms with Crippen LogP contribution in [0.4, 0.5) is 4.79 Å². The third-order valence-electron chi connectivity index (χ3n) is 9.00. The summed E-state index contributed by atoms with van der Waals surface area (Å²) in [5, 5.41) is 28.5. The van der Waals surface area contributed by atoms with Gasteiger partial charge in [0.1, 0.15) is 11.4 Å². The highest BCUT2D eigenvalue weighted by atomic mass is 16.6. The molecule has 50 heavy (non-hydrogen) atoms. The summed E-state index contributed by atoms with van der Waals surface area (Å²) >= 11 is 0. The van der Waals surface area contributed by atoms with Gasteiger partial charge in [-0.2, -0.15) is 0 Å². The van der Waals surface area contributed by atoms with Gasteiger partial charge in [0, 0.05) is 25.4 Å². The van der Waals surface area contributed by atoms with Crippen LogP contribution in [-0.2, 0) is 38.3 Å². The first-order valence-corrected chi connectivity index (χ1v) is 17.3. The number of aliphatic hydroxyl groups excluding tert-OH is 2. The number of fused-ring (bicyclic) bond motifs is 1. The average molecular weight is 688 g/mol. The van der Waals surface area contributed by atoms with Gasteiger partial charge in [-0.15, -0.1) is 0 Å². The van der Waals surface area contributed by atoms with Crippen molar-refractivity contribution in [1.29, 1.82) is 0 Å². The zero-order valence-corrected chi connectivity index (χ0v) is 29.0. The number of carbonyl (C=O) groups is 3. The molecule has 3 aromatic carbocycles. The lowest BCUT2D eigenvalue weighted by Gasteiger charge is -2.30. The molecule has 5 atom stereocenters. The highest BCUT2D eigenvalue weighted by molar-refractivity contribution is 5.80. The van der Waals surface area contributed by atoms with E-state index in [1.165, 1.54) is 0 Å². The topological polar surface area (TPSA) is 147 Å². The molecule has 0 aromatic heterocycles. The van der Waals surface area contributed by atoms with E-state index in [1.807, 2.05) is 66.7 Å². The van der Waals surface area contributed by atoms with E-state index < -0.39 is 41.9 Å². The van der Waals surface area contributed by atoms with Crippen molar-refractivity contribution < 1.29 is 38.8 Å². The summed E-state index contributed by atoms with van der Waals surface area (Å²) in [4.78, 5) is 41.2. The van der Waals surface area contributed by atoms with Crippen LogP contribution in [0.1, 0.15) is 55.5 Å². The largest absolute Gasteiger partial charge is 0.484 e. The van der Waals surface area contributed by atoms with E-state index in [0.717, 1.165) is 22.3 Å². The third kappa shape index (κ3) is 10.5. The van der Waals surface area contributed by atoms with Gasteiger partial charge < -0.3 is 40.0 Å². The van der Waals surface area contributed by atoms with Gasteiger partial charge in [0.2, 0.25) is 5.91 Å². The van der Waals surface area contributed by atoms with E-state index >= 15 is 0 Å². The molecular formula is C39H49N3O8. The Morgan fingerprint density at radius 1 is 0.920 bits per heavy atom. The van der Waals surface area contributed by atoms with Gasteiger partial charge in [-0.25, -0.2) is 4.79 Å². The molecule has 1 saturated heterocycles. The van der Waals surface area contributed by atoms with Crippen LogP contribution >= 0.6 is 0 Å². The van der Waals surface area contributed by atoms with Crippen molar-refractivity contribution in [3.8, 4) is 5.75 Å². The number of nitrogens with one attached hydrogen (secondary N) is 2. The van der Waals surface area contributed by atoms with Crippen molar-refractivity contribution in [2.75, 3.05) is 32.9 Å². The van der Waals surface area contributed by atoms with Crippen molar-refractivity contribution in [1.82, 2.24) is 15.5 Å². The molecule has 4 N–H and O–H groups in total. The Kier molecular flexibility index (Phi) is 12.5. The number of carbonyl (C=O) groups excluding carboxylic acids is 3. The summed E-state index contributed by atoms with van der Waals surface area (Å²) < 4.78 is 16.6. The zero-order valence-electron chi connectivity index (χ0n) is 29.0. The van der Waals surface area contributed by atoms with Gasteiger partial charge in [0.25, 0.3) is 5.91 Å². The number of nitrogens with zero attached hydrogens (tertiary/aromatic N) is 1. The summed E-state index contributed by atoms with van der Waals surface area (Å²) in [5.41, 5.74) is 2.83. The van der Waals surface area contributed by atoms with Crippen LogP contribution in [0.5, 0.6) is 5.75 Å². The lowest BCUT2D eigenvalue weighted by Crippen LogP contribution is -2.48. The maximum Gasteiger partial charge on any atom is 0.407 e. The number of aliphatic hydroxyl groups is 2. The molecular weight excluding hydrogens is 638 g/mol. The van der Waals surface area contributed by atoms with Gasteiger partial charge in [0.15, 0.2) is 6.61 Å². The van der Waals surface area contributed by atoms with Crippen LogP contribution in [0.25, 0.3) is 0 Å². The minimum Gasteiger partial charge on any atom is -0.484 e. The maximum absolute atomic E-state index is 14.1. The lowest BCUT2D eigenvalue weighted by molar-refractivity contribution is -0.137. The summed E-state index contributed by atoms with van der Waals surface area (Å²) in [7, 11) is 0. The number of hydrogen-bond acceptors (Lipinski definition) is 8. The van der Waals surface area contributed by atoms with Crippen LogP contribution in [0.15, 0.2) is 78.9 Å².